The largest absolute Gasteiger partial charge is 0.456 e. The zero-order chi connectivity index (χ0) is 26.5. The summed E-state index contributed by atoms with van der Waals surface area (Å²) in [7, 11) is 0. The standard InChI is InChI=1S/C25H23ClF4N2O4/c1-25(2,3)36-22(33)15-5-4-6-18(11-15)32(14-17-12-16(26)9-10-31-17)19-7-8-20(34-23(27)28)21(13-19)35-24(29)30/h4-13,23-24H,14H2,1-3H3. The van der Waals surface area contributed by atoms with Crippen LogP contribution in [0.1, 0.15) is 36.8 Å². The molecule has 0 N–H and O–H groups in total. The first kappa shape index (κ1) is 27.1. The molecule has 3 aromatic rings. The van der Waals surface area contributed by atoms with Crippen molar-refractivity contribution in [2.75, 3.05) is 4.90 Å². The van der Waals surface area contributed by atoms with Gasteiger partial charge in [-0.3, -0.25) is 4.98 Å². The topological polar surface area (TPSA) is 60.9 Å². The SMILES string of the molecule is CC(C)(C)OC(=O)c1cccc(N(Cc2cc(Cl)ccn2)c2ccc(OC(F)F)c(OC(F)F)c2)c1. The zero-order valence-corrected chi connectivity index (χ0v) is 20.3. The first-order chi connectivity index (χ1) is 16.9. The second-order valence-electron chi connectivity index (χ2n) is 8.49. The van der Waals surface area contributed by atoms with Gasteiger partial charge in [0.05, 0.1) is 17.8 Å². The molecular weight excluding hydrogens is 504 g/mol. The molecule has 0 aliphatic rings. The lowest BCUT2D eigenvalue weighted by atomic mass is 10.1. The van der Waals surface area contributed by atoms with E-state index in [0.717, 1.165) is 12.1 Å². The monoisotopic (exact) mass is 526 g/mol. The molecule has 0 unspecified atom stereocenters. The smallest absolute Gasteiger partial charge is 0.387 e. The summed E-state index contributed by atoms with van der Waals surface area (Å²) in [5, 5.41) is 0.421. The number of aromatic nitrogens is 1. The van der Waals surface area contributed by atoms with E-state index in [1.807, 2.05) is 0 Å². The Morgan fingerprint density at radius 1 is 0.944 bits per heavy atom. The van der Waals surface area contributed by atoms with Crippen LogP contribution in [0.15, 0.2) is 60.8 Å². The molecule has 6 nitrogen and oxygen atoms in total. The highest BCUT2D eigenvalue weighted by molar-refractivity contribution is 6.30. The van der Waals surface area contributed by atoms with E-state index < -0.39 is 36.3 Å². The highest BCUT2D eigenvalue weighted by Crippen LogP contribution is 2.37. The predicted octanol–water partition coefficient (Wildman–Crippen LogP) is 7.23. The maximum Gasteiger partial charge on any atom is 0.387 e. The van der Waals surface area contributed by atoms with Crippen molar-refractivity contribution < 1.29 is 36.6 Å². The van der Waals surface area contributed by atoms with E-state index in [4.69, 9.17) is 16.3 Å². The van der Waals surface area contributed by atoms with Gasteiger partial charge in [0.2, 0.25) is 0 Å². The molecule has 192 valence electrons. The fourth-order valence-corrected chi connectivity index (χ4v) is 3.40. The molecule has 2 aromatic carbocycles. The van der Waals surface area contributed by atoms with Gasteiger partial charge in [0.1, 0.15) is 5.60 Å². The summed E-state index contributed by atoms with van der Waals surface area (Å²) in [6.07, 6.45) is 1.50. The van der Waals surface area contributed by atoms with Crippen LogP contribution in [0.3, 0.4) is 0 Å². The third kappa shape index (κ3) is 7.74. The van der Waals surface area contributed by atoms with Gasteiger partial charge in [0.15, 0.2) is 11.5 Å². The van der Waals surface area contributed by atoms with Crippen LogP contribution in [0, 0.1) is 0 Å². The Labute approximate surface area is 210 Å². The molecule has 0 spiro atoms. The van der Waals surface area contributed by atoms with E-state index in [1.165, 1.54) is 12.3 Å². The summed E-state index contributed by atoms with van der Waals surface area (Å²) in [6, 6.07) is 13.2. The van der Waals surface area contributed by atoms with Crippen molar-refractivity contribution in [1.29, 1.82) is 0 Å². The van der Waals surface area contributed by atoms with E-state index in [-0.39, 0.29) is 17.8 Å². The maximum absolute atomic E-state index is 13.0. The van der Waals surface area contributed by atoms with Crippen LogP contribution in [0.2, 0.25) is 5.02 Å². The minimum Gasteiger partial charge on any atom is -0.456 e. The summed E-state index contributed by atoms with van der Waals surface area (Å²) >= 11 is 6.09. The average molecular weight is 527 g/mol. The van der Waals surface area contributed by atoms with Gasteiger partial charge < -0.3 is 19.1 Å². The summed E-state index contributed by atoms with van der Waals surface area (Å²) in [4.78, 5) is 18.5. The second-order valence-corrected chi connectivity index (χ2v) is 8.93. The Morgan fingerprint density at radius 2 is 1.61 bits per heavy atom. The fraction of sp³-hybridized carbons (Fsp3) is 0.280. The Morgan fingerprint density at radius 3 is 2.25 bits per heavy atom. The summed E-state index contributed by atoms with van der Waals surface area (Å²) in [5.41, 5.74) is 0.767. The van der Waals surface area contributed by atoms with E-state index in [9.17, 15) is 22.4 Å². The molecule has 0 amide bonds. The first-order valence-corrected chi connectivity index (χ1v) is 11.0. The van der Waals surface area contributed by atoms with E-state index in [1.54, 1.807) is 62.1 Å². The number of esters is 1. The molecule has 0 saturated carbocycles. The van der Waals surface area contributed by atoms with Crippen molar-refractivity contribution >= 4 is 28.9 Å². The van der Waals surface area contributed by atoms with Gasteiger partial charge in [0, 0.05) is 28.7 Å². The van der Waals surface area contributed by atoms with Crippen LogP contribution in [0.25, 0.3) is 0 Å². The van der Waals surface area contributed by atoms with Gasteiger partial charge in [-0.1, -0.05) is 17.7 Å². The lowest BCUT2D eigenvalue weighted by Gasteiger charge is -2.26. The molecule has 0 aliphatic carbocycles. The van der Waals surface area contributed by atoms with Crippen LogP contribution < -0.4 is 14.4 Å². The van der Waals surface area contributed by atoms with Crippen LogP contribution in [-0.2, 0) is 11.3 Å². The molecule has 1 heterocycles. The van der Waals surface area contributed by atoms with Crippen molar-refractivity contribution in [2.24, 2.45) is 0 Å². The summed E-state index contributed by atoms with van der Waals surface area (Å²) in [6.45, 7) is -1.23. The number of benzene rings is 2. The van der Waals surface area contributed by atoms with E-state index >= 15 is 0 Å². The molecular formula is C25H23ClF4N2O4. The van der Waals surface area contributed by atoms with Gasteiger partial charge in [-0.2, -0.15) is 17.6 Å². The molecule has 0 saturated heterocycles. The maximum atomic E-state index is 13.0. The number of carbonyl (C=O) groups excluding carboxylic acids is 1. The van der Waals surface area contributed by atoms with Crippen molar-refractivity contribution in [3.63, 3.8) is 0 Å². The third-order valence-electron chi connectivity index (χ3n) is 4.56. The highest BCUT2D eigenvalue weighted by Gasteiger charge is 2.22. The van der Waals surface area contributed by atoms with Gasteiger partial charge in [0.25, 0.3) is 0 Å². The van der Waals surface area contributed by atoms with Crippen LogP contribution in [0.5, 0.6) is 11.5 Å². The summed E-state index contributed by atoms with van der Waals surface area (Å²) in [5.74, 6) is -1.71. The Balaban J connectivity index is 2.08. The Kier molecular flexibility index (Phi) is 8.62. The zero-order valence-electron chi connectivity index (χ0n) is 19.6. The van der Waals surface area contributed by atoms with Crippen molar-refractivity contribution in [1.82, 2.24) is 4.98 Å². The third-order valence-corrected chi connectivity index (χ3v) is 4.80. The number of pyridine rings is 1. The van der Waals surface area contributed by atoms with Gasteiger partial charge in [-0.15, -0.1) is 0 Å². The average Bonchev–Trinajstić information content (AvgIpc) is 2.77. The van der Waals surface area contributed by atoms with Crippen molar-refractivity contribution in [2.45, 2.75) is 46.1 Å². The molecule has 0 radical (unpaired) electrons. The Hall–Kier alpha value is -3.53. The lowest BCUT2D eigenvalue weighted by molar-refractivity contribution is -0.0692. The number of hydrogen-bond donors (Lipinski definition) is 0. The number of nitrogens with zero attached hydrogens (tertiary/aromatic N) is 2. The molecule has 3 rings (SSSR count). The van der Waals surface area contributed by atoms with E-state index in [0.29, 0.717) is 16.4 Å². The van der Waals surface area contributed by atoms with E-state index in [2.05, 4.69) is 14.5 Å². The highest BCUT2D eigenvalue weighted by atomic mass is 35.5. The number of anilines is 2. The lowest BCUT2D eigenvalue weighted by Crippen LogP contribution is -2.24. The quantitative estimate of drug-likeness (QED) is 0.216. The molecule has 0 fully saturated rings. The number of ether oxygens (including phenoxy) is 3. The number of hydrogen-bond acceptors (Lipinski definition) is 6. The molecule has 36 heavy (non-hydrogen) atoms. The number of alkyl halides is 4. The molecule has 1 aromatic heterocycles. The molecule has 0 aliphatic heterocycles. The van der Waals surface area contributed by atoms with Gasteiger partial charge in [-0.05, 0) is 63.2 Å². The molecule has 11 heteroatoms. The van der Waals surface area contributed by atoms with Crippen molar-refractivity contribution in [3.8, 4) is 11.5 Å². The first-order valence-electron chi connectivity index (χ1n) is 10.7. The van der Waals surface area contributed by atoms with Gasteiger partial charge >= 0.3 is 19.2 Å². The van der Waals surface area contributed by atoms with Crippen LogP contribution >= 0.6 is 11.6 Å². The number of rotatable bonds is 9. The fourth-order valence-electron chi connectivity index (χ4n) is 3.21. The second kappa shape index (κ2) is 11.5. The minimum absolute atomic E-state index is 0.0848. The summed E-state index contributed by atoms with van der Waals surface area (Å²) < 4.78 is 65.8. The Bertz CT molecular complexity index is 1200. The van der Waals surface area contributed by atoms with Crippen LogP contribution in [0.4, 0.5) is 28.9 Å². The normalized spacial score (nSPS) is 11.5. The molecule has 0 bridgehead atoms. The number of halogens is 5. The van der Waals surface area contributed by atoms with Crippen molar-refractivity contribution in [3.05, 3.63) is 77.1 Å². The predicted molar refractivity (Wildman–Crippen MR) is 126 cm³/mol. The molecule has 0 atom stereocenters. The van der Waals surface area contributed by atoms with Crippen LogP contribution in [-0.4, -0.2) is 29.8 Å². The number of carbonyl (C=O) groups is 1. The minimum atomic E-state index is -3.28. The van der Waals surface area contributed by atoms with Gasteiger partial charge in [-0.25, -0.2) is 4.79 Å².